The molecule has 4 rings (SSSR count). The van der Waals surface area contributed by atoms with Crippen LogP contribution in [0.25, 0.3) is 11.6 Å². The fourth-order valence-electron chi connectivity index (χ4n) is 2.70. The van der Waals surface area contributed by atoms with Crippen LogP contribution in [0, 0.1) is 0 Å². The van der Waals surface area contributed by atoms with Gasteiger partial charge in [-0.25, -0.2) is 19.9 Å². The summed E-state index contributed by atoms with van der Waals surface area (Å²) < 4.78 is 5.36. The lowest BCUT2D eigenvalue weighted by atomic mass is 10.1. The van der Waals surface area contributed by atoms with Gasteiger partial charge in [-0.1, -0.05) is 0 Å². The monoisotopic (exact) mass is 293 g/mol. The van der Waals surface area contributed by atoms with E-state index in [2.05, 4.69) is 24.8 Å². The van der Waals surface area contributed by atoms with Crippen molar-refractivity contribution in [1.82, 2.24) is 24.8 Å². The molecule has 0 atom stereocenters. The fourth-order valence-corrected chi connectivity index (χ4v) is 2.70. The van der Waals surface area contributed by atoms with Crippen LogP contribution in [-0.4, -0.2) is 31.4 Å². The van der Waals surface area contributed by atoms with E-state index < -0.39 is 0 Å². The standard InChI is InChI=1S/C16H15N5O/c1-2-15(22-5-1)16-19-8-13-10-21(4-3-14(13)20-16)9-12-6-17-11-18-7-12/h1-2,5-8,11H,3-4,9-10H2. The van der Waals surface area contributed by atoms with Gasteiger partial charge in [-0.3, -0.25) is 4.90 Å². The SMILES string of the molecule is c1coc(-c2ncc3c(n2)CCN(Cc2cncnc2)C3)c1. The average Bonchev–Trinajstić information content (AvgIpc) is 3.10. The summed E-state index contributed by atoms with van der Waals surface area (Å²) in [5.74, 6) is 1.38. The Morgan fingerprint density at radius 3 is 2.91 bits per heavy atom. The number of fused-ring (bicyclic) bond motifs is 1. The molecule has 110 valence electrons. The van der Waals surface area contributed by atoms with Crippen molar-refractivity contribution in [1.29, 1.82) is 0 Å². The normalized spacial score (nSPS) is 14.7. The Kier molecular flexibility index (Phi) is 3.36. The first kappa shape index (κ1) is 13.1. The van der Waals surface area contributed by atoms with Crippen LogP contribution in [0.4, 0.5) is 0 Å². The maximum absolute atomic E-state index is 5.36. The molecule has 1 aliphatic rings. The van der Waals surface area contributed by atoms with E-state index in [1.807, 2.05) is 30.7 Å². The number of nitrogens with zero attached hydrogens (tertiary/aromatic N) is 5. The number of hydrogen-bond donors (Lipinski definition) is 0. The lowest BCUT2D eigenvalue weighted by Gasteiger charge is -2.27. The van der Waals surface area contributed by atoms with Gasteiger partial charge in [-0.2, -0.15) is 0 Å². The summed E-state index contributed by atoms with van der Waals surface area (Å²) in [6, 6.07) is 3.73. The van der Waals surface area contributed by atoms with Crippen LogP contribution in [0.5, 0.6) is 0 Å². The van der Waals surface area contributed by atoms with Crippen molar-refractivity contribution < 1.29 is 4.42 Å². The average molecular weight is 293 g/mol. The summed E-state index contributed by atoms with van der Waals surface area (Å²) in [6.07, 6.45) is 9.74. The number of aromatic nitrogens is 4. The highest BCUT2D eigenvalue weighted by Gasteiger charge is 2.19. The van der Waals surface area contributed by atoms with Gasteiger partial charge in [0.2, 0.25) is 0 Å². The molecule has 0 bridgehead atoms. The molecule has 0 unspecified atom stereocenters. The van der Waals surface area contributed by atoms with Gasteiger partial charge in [0, 0.05) is 55.8 Å². The molecular weight excluding hydrogens is 278 g/mol. The molecule has 0 radical (unpaired) electrons. The highest BCUT2D eigenvalue weighted by Crippen LogP contribution is 2.22. The van der Waals surface area contributed by atoms with Gasteiger partial charge < -0.3 is 4.42 Å². The Bertz CT molecular complexity index is 757. The van der Waals surface area contributed by atoms with E-state index in [1.54, 1.807) is 12.6 Å². The maximum atomic E-state index is 5.36. The third-order valence-corrected chi connectivity index (χ3v) is 3.77. The van der Waals surface area contributed by atoms with Crippen LogP contribution in [-0.2, 0) is 19.5 Å². The van der Waals surface area contributed by atoms with Crippen molar-refractivity contribution >= 4 is 0 Å². The summed E-state index contributed by atoms with van der Waals surface area (Å²) >= 11 is 0. The first-order valence-electron chi connectivity index (χ1n) is 7.23. The Labute approximate surface area is 127 Å². The van der Waals surface area contributed by atoms with Crippen molar-refractivity contribution in [3.8, 4) is 11.6 Å². The second-order valence-corrected chi connectivity index (χ2v) is 5.35. The van der Waals surface area contributed by atoms with Gasteiger partial charge >= 0.3 is 0 Å². The van der Waals surface area contributed by atoms with Crippen LogP contribution in [0.15, 0.2) is 47.7 Å². The molecule has 0 fully saturated rings. The predicted molar refractivity (Wildman–Crippen MR) is 79.6 cm³/mol. The molecule has 0 N–H and O–H groups in total. The summed E-state index contributed by atoms with van der Waals surface area (Å²) in [6.45, 7) is 2.67. The van der Waals surface area contributed by atoms with Crippen LogP contribution < -0.4 is 0 Å². The van der Waals surface area contributed by atoms with Crippen LogP contribution in [0.3, 0.4) is 0 Å². The summed E-state index contributed by atoms with van der Waals surface area (Å²) in [5, 5.41) is 0. The Hall–Kier alpha value is -2.60. The number of rotatable bonds is 3. The van der Waals surface area contributed by atoms with Gasteiger partial charge in [-0.05, 0) is 12.1 Å². The van der Waals surface area contributed by atoms with E-state index in [0.29, 0.717) is 11.6 Å². The molecule has 1 aliphatic heterocycles. The number of furan rings is 1. The molecule has 0 spiro atoms. The first-order chi connectivity index (χ1) is 10.9. The molecule has 0 saturated carbocycles. The largest absolute Gasteiger partial charge is 0.461 e. The molecule has 3 aromatic heterocycles. The Balaban J connectivity index is 1.52. The van der Waals surface area contributed by atoms with Crippen molar-refractivity contribution in [2.75, 3.05) is 6.54 Å². The first-order valence-corrected chi connectivity index (χ1v) is 7.23. The van der Waals surface area contributed by atoms with Crippen molar-refractivity contribution in [3.05, 3.63) is 60.1 Å². The van der Waals surface area contributed by atoms with Gasteiger partial charge in [0.1, 0.15) is 6.33 Å². The van der Waals surface area contributed by atoms with E-state index in [4.69, 9.17) is 4.42 Å². The van der Waals surface area contributed by atoms with E-state index >= 15 is 0 Å². The van der Waals surface area contributed by atoms with Gasteiger partial charge in [0.25, 0.3) is 0 Å². The maximum Gasteiger partial charge on any atom is 0.195 e. The van der Waals surface area contributed by atoms with E-state index in [1.165, 1.54) is 5.56 Å². The molecule has 0 saturated heterocycles. The van der Waals surface area contributed by atoms with Crippen LogP contribution in [0.1, 0.15) is 16.8 Å². The predicted octanol–water partition coefficient (Wildman–Crippen LogP) is 2.08. The summed E-state index contributed by atoms with van der Waals surface area (Å²) in [7, 11) is 0. The lowest BCUT2D eigenvalue weighted by molar-refractivity contribution is 0.242. The van der Waals surface area contributed by atoms with E-state index in [9.17, 15) is 0 Å². The topological polar surface area (TPSA) is 67.9 Å². The molecule has 4 heterocycles. The fraction of sp³-hybridized carbons (Fsp3) is 0.250. The van der Waals surface area contributed by atoms with Crippen LogP contribution in [0.2, 0.25) is 0 Å². The number of hydrogen-bond acceptors (Lipinski definition) is 6. The summed E-state index contributed by atoms with van der Waals surface area (Å²) in [4.78, 5) is 19.5. The smallest absolute Gasteiger partial charge is 0.195 e. The van der Waals surface area contributed by atoms with E-state index in [-0.39, 0.29) is 0 Å². The zero-order valence-electron chi connectivity index (χ0n) is 12.0. The third kappa shape index (κ3) is 2.60. The molecule has 6 nitrogen and oxygen atoms in total. The van der Waals surface area contributed by atoms with Gasteiger partial charge in [0.15, 0.2) is 11.6 Å². The van der Waals surface area contributed by atoms with Crippen LogP contribution >= 0.6 is 0 Å². The molecule has 3 aromatic rings. The molecular formula is C16H15N5O. The molecule has 0 amide bonds. The zero-order valence-corrected chi connectivity index (χ0v) is 12.0. The third-order valence-electron chi connectivity index (χ3n) is 3.77. The molecule has 6 heteroatoms. The lowest BCUT2D eigenvalue weighted by Crippen LogP contribution is -2.31. The van der Waals surface area contributed by atoms with Crippen molar-refractivity contribution in [3.63, 3.8) is 0 Å². The highest BCUT2D eigenvalue weighted by molar-refractivity contribution is 5.46. The van der Waals surface area contributed by atoms with Gasteiger partial charge in [0.05, 0.1) is 12.0 Å². The zero-order chi connectivity index (χ0) is 14.8. The minimum absolute atomic E-state index is 0.661. The Morgan fingerprint density at radius 2 is 2.09 bits per heavy atom. The Morgan fingerprint density at radius 1 is 1.18 bits per heavy atom. The van der Waals surface area contributed by atoms with Gasteiger partial charge in [-0.15, -0.1) is 0 Å². The summed E-state index contributed by atoms with van der Waals surface area (Å²) in [5.41, 5.74) is 3.42. The second-order valence-electron chi connectivity index (χ2n) is 5.35. The quantitative estimate of drug-likeness (QED) is 0.736. The van der Waals surface area contributed by atoms with E-state index in [0.717, 1.165) is 37.3 Å². The molecule has 22 heavy (non-hydrogen) atoms. The highest BCUT2D eigenvalue weighted by atomic mass is 16.3. The molecule has 0 aromatic carbocycles. The van der Waals surface area contributed by atoms with Crippen molar-refractivity contribution in [2.24, 2.45) is 0 Å². The second kappa shape index (κ2) is 5.65. The van der Waals surface area contributed by atoms with Crippen molar-refractivity contribution in [2.45, 2.75) is 19.5 Å². The minimum atomic E-state index is 0.661. The minimum Gasteiger partial charge on any atom is -0.461 e. The molecule has 0 aliphatic carbocycles.